The number of hydrogen-bond donors (Lipinski definition) is 2. The average molecular weight is 449 g/mol. The first kappa shape index (κ1) is 20.6. The van der Waals surface area contributed by atoms with Crippen molar-refractivity contribution in [3.05, 3.63) is 38.9 Å². The number of rotatable bonds is 7. The number of benzene rings is 1. The maximum Gasteiger partial charge on any atom is 0.200 e. The molecule has 0 fully saturated rings. The van der Waals surface area contributed by atoms with Gasteiger partial charge < -0.3 is 15.2 Å². The van der Waals surface area contributed by atoms with Gasteiger partial charge in [0.05, 0.1) is 34.5 Å². The number of hydrogen-bond acceptors (Lipinski definition) is 5. The standard InChI is InChI=1S/C17H21FINO4/c1-17(2,3)15(9-22)20-7-10(8-21)16(23)11-5-13(19)14(24-4)6-12(11)18/h5-8,15,20,22H,9H2,1-4H3/t15-/m1/s1. The van der Waals surface area contributed by atoms with Gasteiger partial charge in [0.2, 0.25) is 5.78 Å². The largest absolute Gasteiger partial charge is 0.496 e. The number of ketones is 1. The average Bonchev–Trinajstić information content (AvgIpc) is 2.51. The minimum atomic E-state index is -0.764. The van der Waals surface area contributed by atoms with Crippen molar-refractivity contribution >= 4 is 34.7 Å². The van der Waals surface area contributed by atoms with Crippen molar-refractivity contribution in [3.8, 4) is 5.75 Å². The van der Waals surface area contributed by atoms with Gasteiger partial charge in [0.15, 0.2) is 6.29 Å². The molecule has 0 aliphatic rings. The lowest BCUT2D eigenvalue weighted by Gasteiger charge is -2.29. The Bertz CT molecular complexity index is 653. The van der Waals surface area contributed by atoms with Crippen LogP contribution in [-0.2, 0) is 4.79 Å². The number of methoxy groups -OCH3 is 1. The van der Waals surface area contributed by atoms with Gasteiger partial charge in [-0.2, -0.15) is 0 Å². The Kier molecular flexibility index (Phi) is 7.34. The predicted molar refractivity (Wildman–Crippen MR) is 97.6 cm³/mol. The molecule has 1 aromatic rings. The van der Waals surface area contributed by atoms with E-state index >= 15 is 0 Å². The van der Waals surface area contributed by atoms with Crippen molar-refractivity contribution in [1.82, 2.24) is 5.32 Å². The van der Waals surface area contributed by atoms with Gasteiger partial charge in [-0.1, -0.05) is 20.8 Å². The molecule has 0 saturated carbocycles. The molecule has 132 valence electrons. The van der Waals surface area contributed by atoms with E-state index in [0.29, 0.717) is 15.6 Å². The van der Waals surface area contributed by atoms with Gasteiger partial charge in [-0.3, -0.25) is 9.59 Å². The van der Waals surface area contributed by atoms with Gasteiger partial charge in [0.1, 0.15) is 11.6 Å². The topological polar surface area (TPSA) is 75.6 Å². The van der Waals surface area contributed by atoms with Gasteiger partial charge in [0.25, 0.3) is 0 Å². The SMILES string of the molecule is COc1cc(F)c(C(=O)C(C=O)=CN[C@H](CO)C(C)(C)C)cc1I. The number of aldehydes is 1. The van der Waals surface area contributed by atoms with Crippen LogP contribution in [0.3, 0.4) is 0 Å². The van der Waals surface area contributed by atoms with Gasteiger partial charge in [0, 0.05) is 12.3 Å². The highest BCUT2D eigenvalue weighted by molar-refractivity contribution is 14.1. The second-order valence-electron chi connectivity index (χ2n) is 6.28. The molecule has 24 heavy (non-hydrogen) atoms. The number of Topliss-reactive ketones (excluding diaryl/α,β-unsaturated/α-hetero) is 1. The first-order chi connectivity index (χ1) is 11.1. The molecular weight excluding hydrogens is 428 g/mol. The van der Waals surface area contributed by atoms with Crippen LogP contribution in [0.15, 0.2) is 23.9 Å². The molecule has 0 aromatic heterocycles. The van der Waals surface area contributed by atoms with Crippen LogP contribution in [0.5, 0.6) is 5.75 Å². The lowest BCUT2D eigenvalue weighted by Crippen LogP contribution is -2.40. The van der Waals surface area contributed by atoms with Crippen molar-refractivity contribution in [3.63, 3.8) is 0 Å². The van der Waals surface area contributed by atoms with Crippen LogP contribution in [0.1, 0.15) is 31.1 Å². The first-order valence-electron chi connectivity index (χ1n) is 7.25. The summed E-state index contributed by atoms with van der Waals surface area (Å²) in [5.74, 6) is -1.19. The second-order valence-corrected chi connectivity index (χ2v) is 7.44. The molecule has 5 nitrogen and oxygen atoms in total. The lowest BCUT2D eigenvalue weighted by atomic mass is 9.87. The molecule has 0 radical (unpaired) electrons. The van der Waals surface area contributed by atoms with Crippen LogP contribution in [0.25, 0.3) is 0 Å². The summed E-state index contributed by atoms with van der Waals surface area (Å²) in [6.07, 6.45) is 1.58. The van der Waals surface area contributed by atoms with E-state index in [1.54, 1.807) is 0 Å². The summed E-state index contributed by atoms with van der Waals surface area (Å²) in [6.45, 7) is 5.54. The van der Waals surface area contributed by atoms with Gasteiger partial charge in [-0.15, -0.1) is 0 Å². The van der Waals surface area contributed by atoms with Crippen molar-refractivity contribution in [2.75, 3.05) is 13.7 Å². The van der Waals surface area contributed by atoms with Crippen LogP contribution in [0.2, 0.25) is 0 Å². The van der Waals surface area contributed by atoms with Crippen LogP contribution >= 0.6 is 22.6 Å². The molecular formula is C17H21FINO4. The van der Waals surface area contributed by atoms with E-state index in [1.165, 1.54) is 19.4 Å². The summed E-state index contributed by atoms with van der Waals surface area (Å²) in [5, 5.41) is 12.3. The van der Waals surface area contributed by atoms with Gasteiger partial charge in [-0.25, -0.2) is 4.39 Å². The molecule has 2 N–H and O–H groups in total. The fourth-order valence-corrected chi connectivity index (χ4v) is 2.62. The van der Waals surface area contributed by atoms with Crippen LogP contribution in [0, 0.1) is 14.8 Å². The smallest absolute Gasteiger partial charge is 0.200 e. The Morgan fingerprint density at radius 1 is 1.46 bits per heavy atom. The molecule has 1 rings (SSSR count). The summed E-state index contributed by atoms with van der Waals surface area (Å²) < 4.78 is 19.7. The molecule has 0 aliphatic carbocycles. The maximum atomic E-state index is 14.1. The summed E-state index contributed by atoms with van der Waals surface area (Å²) in [6, 6.07) is 2.08. The molecule has 0 bridgehead atoms. The van der Waals surface area contributed by atoms with E-state index in [0.717, 1.165) is 6.07 Å². The number of carbonyl (C=O) groups is 2. The number of carbonyl (C=O) groups excluding carboxylic acids is 2. The molecule has 0 heterocycles. The normalized spacial score (nSPS) is 13.4. The summed E-state index contributed by atoms with van der Waals surface area (Å²) in [7, 11) is 1.40. The molecule has 7 heteroatoms. The van der Waals surface area contributed by atoms with E-state index in [1.807, 2.05) is 43.4 Å². The molecule has 1 atom stereocenters. The maximum absolute atomic E-state index is 14.1. The van der Waals surface area contributed by atoms with Crippen LogP contribution in [0.4, 0.5) is 4.39 Å². The van der Waals surface area contributed by atoms with E-state index in [9.17, 15) is 19.1 Å². The van der Waals surface area contributed by atoms with Gasteiger partial charge in [-0.05, 0) is 34.1 Å². The second kappa shape index (κ2) is 8.57. The number of aliphatic hydroxyl groups is 1. The summed E-state index contributed by atoms with van der Waals surface area (Å²) in [5.41, 5.74) is -0.725. The highest BCUT2D eigenvalue weighted by Gasteiger charge is 2.24. The molecule has 0 unspecified atom stereocenters. The fourth-order valence-electron chi connectivity index (χ4n) is 1.93. The third-order valence-corrected chi connectivity index (χ3v) is 4.39. The monoisotopic (exact) mass is 449 g/mol. The lowest BCUT2D eigenvalue weighted by molar-refractivity contribution is -0.104. The number of ether oxygens (including phenoxy) is 1. The number of allylic oxidation sites excluding steroid dienone is 1. The third-order valence-electron chi connectivity index (χ3n) is 3.54. The van der Waals surface area contributed by atoms with Crippen molar-refractivity contribution in [2.45, 2.75) is 26.8 Å². The quantitative estimate of drug-likeness (QED) is 0.167. The van der Waals surface area contributed by atoms with Crippen molar-refractivity contribution < 1.29 is 23.8 Å². The zero-order valence-electron chi connectivity index (χ0n) is 14.0. The fraction of sp³-hybridized carbons (Fsp3) is 0.412. The molecule has 0 spiro atoms. The Morgan fingerprint density at radius 2 is 2.08 bits per heavy atom. The summed E-state index contributed by atoms with van der Waals surface area (Å²) >= 11 is 1.92. The van der Waals surface area contributed by atoms with E-state index in [-0.39, 0.29) is 29.2 Å². The Labute approximate surface area is 154 Å². The minimum Gasteiger partial charge on any atom is -0.496 e. The highest BCUT2D eigenvalue weighted by Crippen LogP contribution is 2.26. The third kappa shape index (κ3) is 5.01. The Morgan fingerprint density at radius 3 is 2.54 bits per heavy atom. The first-order valence-corrected chi connectivity index (χ1v) is 8.33. The molecule has 0 amide bonds. The van der Waals surface area contributed by atoms with Crippen molar-refractivity contribution in [2.24, 2.45) is 5.41 Å². The Balaban J connectivity index is 3.13. The Hall–Kier alpha value is -1.48. The minimum absolute atomic E-state index is 0.172. The summed E-state index contributed by atoms with van der Waals surface area (Å²) in [4.78, 5) is 23.7. The zero-order valence-corrected chi connectivity index (χ0v) is 16.2. The molecule has 0 aliphatic heterocycles. The van der Waals surface area contributed by atoms with Gasteiger partial charge >= 0.3 is 0 Å². The van der Waals surface area contributed by atoms with E-state index in [2.05, 4.69) is 5.32 Å². The predicted octanol–water partition coefficient (Wildman–Crippen LogP) is 2.70. The molecule has 1 aromatic carbocycles. The van der Waals surface area contributed by atoms with E-state index in [4.69, 9.17) is 4.74 Å². The van der Waals surface area contributed by atoms with Crippen LogP contribution in [-0.4, -0.2) is 36.9 Å². The van der Waals surface area contributed by atoms with E-state index < -0.39 is 11.6 Å². The highest BCUT2D eigenvalue weighted by atomic mass is 127. The zero-order chi connectivity index (χ0) is 18.5. The number of aliphatic hydroxyl groups excluding tert-OH is 1. The number of halogens is 2. The number of nitrogens with one attached hydrogen (secondary N) is 1. The van der Waals surface area contributed by atoms with Crippen LogP contribution < -0.4 is 10.1 Å². The van der Waals surface area contributed by atoms with Crippen molar-refractivity contribution in [1.29, 1.82) is 0 Å². The molecule has 0 saturated heterocycles.